The van der Waals surface area contributed by atoms with Crippen molar-refractivity contribution in [2.24, 2.45) is 0 Å². The SMILES string of the molecule is c1ccc(-c2c3ccccc3c(-c3cccc4[se]c5c(-c6c7ccccc7c(-c7cccnc7)c7ccccc67)cccc5c34)c3ccccc23)cc1. The molecule has 0 atom stereocenters. The predicted octanol–water partition coefficient (Wildman–Crippen LogP) is 13.7. The molecule has 0 aliphatic heterocycles. The Bertz CT molecular complexity index is 3100. The first-order chi connectivity index (χ1) is 26.3. The summed E-state index contributed by atoms with van der Waals surface area (Å²) >= 11 is 0.122. The van der Waals surface area contributed by atoms with E-state index in [1.807, 2.05) is 18.5 Å². The number of aromatic nitrogens is 1. The van der Waals surface area contributed by atoms with Crippen molar-refractivity contribution in [3.8, 4) is 44.5 Å². The van der Waals surface area contributed by atoms with Gasteiger partial charge in [0, 0.05) is 0 Å². The van der Waals surface area contributed by atoms with Gasteiger partial charge in [-0.25, -0.2) is 0 Å². The van der Waals surface area contributed by atoms with Crippen LogP contribution in [0, 0.1) is 0 Å². The van der Waals surface area contributed by atoms with Gasteiger partial charge in [0.1, 0.15) is 0 Å². The Labute approximate surface area is 313 Å². The summed E-state index contributed by atoms with van der Waals surface area (Å²) in [6.45, 7) is 0. The third kappa shape index (κ3) is 4.60. The van der Waals surface area contributed by atoms with Gasteiger partial charge in [-0.05, 0) is 0 Å². The van der Waals surface area contributed by atoms with E-state index in [9.17, 15) is 0 Å². The molecule has 0 saturated heterocycles. The summed E-state index contributed by atoms with van der Waals surface area (Å²) < 4.78 is 2.90. The van der Waals surface area contributed by atoms with Crippen molar-refractivity contribution in [3.63, 3.8) is 0 Å². The first kappa shape index (κ1) is 30.3. The second kappa shape index (κ2) is 12.1. The summed E-state index contributed by atoms with van der Waals surface area (Å²) in [7, 11) is 0. The quantitative estimate of drug-likeness (QED) is 0.130. The van der Waals surface area contributed by atoms with Crippen LogP contribution in [0.2, 0.25) is 0 Å². The molecular formula is C51H31NSe. The van der Waals surface area contributed by atoms with Crippen molar-refractivity contribution in [2.45, 2.75) is 0 Å². The third-order valence-electron chi connectivity index (χ3n) is 10.9. The van der Waals surface area contributed by atoms with Crippen LogP contribution in [-0.4, -0.2) is 19.5 Å². The second-order valence-corrected chi connectivity index (χ2v) is 16.0. The van der Waals surface area contributed by atoms with E-state index < -0.39 is 0 Å². The number of benzene rings is 9. The van der Waals surface area contributed by atoms with Crippen LogP contribution in [-0.2, 0) is 0 Å². The summed E-state index contributed by atoms with van der Waals surface area (Å²) in [5.41, 5.74) is 10.2. The van der Waals surface area contributed by atoms with Crippen LogP contribution in [0.15, 0.2) is 188 Å². The van der Waals surface area contributed by atoms with Gasteiger partial charge in [-0.1, -0.05) is 0 Å². The minimum atomic E-state index is 0.122. The molecule has 0 bridgehead atoms. The average molecular weight is 737 g/mol. The fourth-order valence-electron chi connectivity index (χ4n) is 8.83. The maximum absolute atomic E-state index is 4.52. The van der Waals surface area contributed by atoms with E-state index in [4.69, 9.17) is 0 Å². The Morgan fingerprint density at radius 1 is 0.321 bits per heavy atom. The third-order valence-corrected chi connectivity index (χ3v) is 13.5. The van der Waals surface area contributed by atoms with Crippen LogP contribution in [0.3, 0.4) is 0 Å². The summed E-state index contributed by atoms with van der Waals surface area (Å²) in [5, 5.41) is 13.0. The summed E-state index contributed by atoms with van der Waals surface area (Å²) in [5.74, 6) is 0. The normalized spacial score (nSPS) is 11.8. The summed E-state index contributed by atoms with van der Waals surface area (Å²) in [4.78, 5) is 4.52. The fraction of sp³-hybridized carbons (Fsp3) is 0. The van der Waals surface area contributed by atoms with Gasteiger partial charge in [-0.2, -0.15) is 0 Å². The molecule has 11 aromatic rings. The average Bonchev–Trinajstić information content (AvgIpc) is 3.62. The minimum absolute atomic E-state index is 0.122. The number of nitrogens with zero attached hydrogens (tertiary/aromatic N) is 1. The molecule has 0 spiro atoms. The molecule has 2 aromatic heterocycles. The number of pyridine rings is 1. The molecule has 0 saturated carbocycles. The van der Waals surface area contributed by atoms with Gasteiger partial charge in [0.25, 0.3) is 0 Å². The van der Waals surface area contributed by atoms with Gasteiger partial charge in [-0.3, -0.25) is 0 Å². The van der Waals surface area contributed by atoms with E-state index >= 15 is 0 Å². The standard InChI is InChI=1S/C51H31NSe/c1-2-15-32(16-3-1)46-34-18-4-8-22-38(34)48(39-23-9-5-19-35(39)46)42-26-13-29-45-50(42)44-28-12-27-43(51(44)53-45)49-40-24-10-6-20-36(40)47(33-17-14-30-52-31-33)37-21-7-11-25-41(37)49/h1-31H. The Hall–Kier alpha value is -6.31. The molecule has 1 nitrogen and oxygen atoms in total. The molecule has 0 unspecified atom stereocenters. The van der Waals surface area contributed by atoms with Gasteiger partial charge in [-0.15, -0.1) is 0 Å². The van der Waals surface area contributed by atoms with Crippen molar-refractivity contribution >= 4 is 76.9 Å². The number of hydrogen-bond acceptors (Lipinski definition) is 1. The van der Waals surface area contributed by atoms with Crippen molar-refractivity contribution in [1.29, 1.82) is 0 Å². The van der Waals surface area contributed by atoms with E-state index in [0.717, 1.165) is 5.56 Å². The topological polar surface area (TPSA) is 12.9 Å². The fourth-order valence-corrected chi connectivity index (χ4v) is 11.4. The zero-order valence-electron chi connectivity index (χ0n) is 28.8. The molecular weight excluding hydrogens is 706 g/mol. The van der Waals surface area contributed by atoms with Gasteiger partial charge >= 0.3 is 315 Å². The first-order valence-electron chi connectivity index (χ1n) is 18.1. The molecule has 2 heterocycles. The molecule has 0 aliphatic carbocycles. The molecule has 9 aromatic carbocycles. The van der Waals surface area contributed by atoms with Crippen molar-refractivity contribution in [3.05, 3.63) is 188 Å². The molecule has 0 aliphatic rings. The Morgan fingerprint density at radius 2 is 0.755 bits per heavy atom. The summed E-state index contributed by atoms with van der Waals surface area (Å²) in [6.07, 6.45) is 3.85. The van der Waals surface area contributed by atoms with Crippen LogP contribution in [0.4, 0.5) is 0 Å². The maximum atomic E-state index is 4.52. The van der Waals surface area contributed by atoms with Crippen LogP contribution < -0.4 is 0 Å². The van der Waals surface area contributed by atoms with Crippen molar-refractivity contribution in [1.82, 2.24) is 4.98 Å². The van der Waals surface area contributed by atoms with Crippen LogP contribution in [0.1, 0.15) is 0 Å². The van der Waals surface area contributed by atoms with E-state index in [-0.39, 0.29) is 14.5 Å². The molecule has 53 heavy (non-hydrogen) atoms. The van der Waals surface area contributed by atoms with Crippen LogP contribution in [0.5, 0.6) is 0 Å². The molecule has 11 rings (SSSR count). The van der Waals surface area contributed by atoms with E-state index in [0.29, 0.717) is 0 Å². The molecule has 0 fully saturated rings. The molecule has 0 amide bonds. The van der Waals surface area contributed by atoms with Crippen LogP contribution in [0.25, 0.3) is 107 Å². The van der Waals surface area contributed by atoms with E-state index in [1.54, 1.807) is 0 Å². The molecule has 246 valence electrons. The number of hydrogen-bond donors (Lipinski definition) is 0. The van der Waals surface area contributed by atoms with Gasteiger partial charge < -0.3 is 0 Å². The Morgan fingerprint density at radius 3 is 1.30 bits per heavy atom. The van der Waals surface area contributed by atoms with Gasteiger partial charge in [0.15, 0.2) is 0 Å². The van der Waals surface area contributed by atoms with Gasteiger partial charge in [0.05, 0.1) is 0 Å². The van der Waals surface area contributed by atoms with Gasteiger partial charge in [0.2, 0.25) is 0 Å². The number of rotatable bonds is 4. The van der Waals surface area contributed by atoms with Crippen molar-refractivity contribution < 1.29 is 0 Å². The van der Waals surface area contributed by atoms with Crippen molar-refractivity contribution in [2.75, 3.05) is 0 Å². The Kier molecular flexibility index (Phi) is 6.95. The van der Waals surface area contributed by atoms with Crippen LogP contribution >= 0.6 is 0 Å². The summed E-state index contributed by atoms with van der Waals surface area (Å²) in [6, 6.07) is 65.0. The monoisotopic (exact) mass is 737 g/mol. The second-order valence-electron chi connectivity index (χ2n) is 13.8. The molecule has 0 N–H and O–H groups in total. The zero-order valence-corrected chi connectivity index (χ0v) is 30.5. The zero-order chi connectivity index (χ0) is 34.9. The Balaban J connectivity index is 1.24. The van der Waals surface area contributed by atoms with E-state index in [1.165, 1.54) is 101 Å². The number of fused-ring (bicyclic) bond motifs is 7. The molecule has 2 heteroatoms. The molecule has 0 radical (unpaired) electrons. The predicted molar refractivity (Wildman–Crippen MR) is 228 cm³/mol. The first-order valence-corrected chi connectivity index (χ1v) is 19.8. The van der Waals surface area contributed by atoms with E-state index in [2.05, 4.69) is 175 Å².